The summed E-state index contributed by atoms with van der Waals surface area (Å²) in [6.45, 7) is 8.00. The molecule has 108 valence electrons. The molecule has 0 aliphatic heterocycles. The zero-order valence-corrected chi connectivity index (χ0v) is 12.1. The van der Waals surface area contributed by atoms with Crippen molar-refractivity contribution < 1.29 is 9.84 Å². The normalized spacial score (nSPS) is 14.2. The fourth-order valence-electron chi connectivity index (χ4n) is 1.66. The molecule has 0 aromatic carbocycles. The fraction of sp³-hybridized carbons (Fsp3) is 0.692. The summed E-state index contributed by atoms with van der Waals surface area (Å²) in [5, 5.41) is 12.4. The second-order valence-electron chi connectivity index (χ2n) is 5.12. The minimum Gasteiger partial charge on any atom is -0.473 e. The van der Waals surface area contributed by atoms with Gasteiger partial charge in [0.25, 0.3) is 0 Å². The van der Waals surface area contributed by atoms with E-state index in [0.29, 0.717) is 23.8 Å². The van der Waals surface area contributed by atoms with E-state index in [-0.39, 0.29) is 18.2 Å². The second-order valence-corrected chi connectivity index (χ2v) is 5.12. The number of hydrogen-bond donors (Lipinski definition) is 3. The topological polar surface area (TPSA) is 93.3 Å². The molecule has 0 aliphatic rings. The molecule has 19 heavy (non-hydrogen) atoms. The van der Waals surface area contributed by atoms with Gasteiger partial charge in [0.05, 0.1) is 6.10 Å². The predicted octanol–water partition coefficient (Wildman–Crippen LogP) is 1.81. The first-order valence-electron chi connectivity index (χ1n) is 6.58. The number of nitrogens with one attached hydrogen (secondary N) is 1. The largest absolute Gasteiger partial charge is 0.473 e. The minimum absolute atomic E-state index is 0.0000469. The minimum atomic E-state index is -0.258. The summed E-state index contributed by atoms with van der Waals surface area (Å²) in [7, 11) is 0. The van der Waals surface area contributed by atoms with Crippen molar-refractivity contribution in [3.8, 4) is 5.88 Å². The molecule has 6 heteroatoms. The lowest BCUT2D eigenvalue weighted by Crippen LogP contribution is -2.35. The molecular formula is C13H24N4O2. The zero-order chi connectivity index (χ0) is 14.5. The van der Waals surface area contributed by atoms with Gasteiger partial charge in [0, 0.05) is 12.1 Å². The molecule has 1 aromatic heterocycles. The Kier molecular flexibility index (Phi) is 5.35. The third-order valence-electron chi connectivity index (χ3n) is 3.06. The van der Waals surface area contributed by atoms with Crippen molar-refractivity contribution in [3.63, 3.8) is 0 Å². The summed E-state index contributed by atoms with van der Waals surface area (Å²) in [6.07, 6.45) is 2.89. The van der Waals surface area contributed by atoms with Crippen LogP contribution in [0.2, 0.25) is 0 Å². The van der Waals surface area contributed by atoms with E-state index in [1.807, 2.05) is 27.7 Å². The second kappa shape index (κ2) is 6.56. The summed E-state index contributed by atoms with van der Waals surface area (Å²) >= 11 is 0. The number of rotatable bonds is 7. The Balaban J connectivity index is 2.95. The van der Waals surface area contributed by atoms with Crippen LogP contribution in [0.15, 0.2) is 6.33 Å². The maximum Gasteiger partial charge on any atom is 0.242 e. The molecule has 1 heterocycles. The molecule has 0 saturated carbocycles. The van der Waals surface area contributed by atoms with Gasteiger partial charge in [-0.1, -0.05) is 6.92 Å². The number of aliphatic hydroxyl groups is 1. The first-order valence-corrected chi connectivity index (χ1v) is 6.58. The molecule has 0 fully saturated rings. The van der Waals surface area contributed by atoms with E-state index in [1.54, 1.807) is 0 Å². The molecular weight excluding hydrogens is 244 g/mol. The first-order chi connectivity index (χ1) is 8.91. The Morgan fingerprint density at radius 1 is 1.47 bits per heavy atom. The SMILES string of the molecule is CCC(C)(CCO)Nc1ncnc(OC(C)C)c1N. The Hall–Kier alpha value is -1.56. The van der Waals surface area contributed by atoms with Gasteiger partial charge < -0.3 is 20.9 Å². The van der Waals surface area contributed by atoms with E-state index in [0.717, 1.165) is 6.42 Å². The van der Waals surface area contributed by atoms with Gasteiger partial charge in [-0.25, -0.2) is 4.98 Å². The van der Waals surface area contributed by atoms with Crippen LogP contribution in [0, 0.1) is 0 Å². The molecule has 6 nitrogen and oxygen atoms in total. The average Bonchev–Trinajstić information content (AvgIpc) is 2.34. The van der Waals surface area contributed by atoms with Crippen LogP contribution >= 0.6 is 0 Å². The van der Waals surface area contributed by atoms with Gasteiger partial charge in [0.1, 0.15) is 12.0 Å². The molecule has 1 unspecified atom stereocenters. The molecule has 0 amide bonds. The van der Waals surface area contributed by atoms with E-state index in [9.17, 15) is 0 Å². The van der Waals surface area contributed by atoms with Gasteiger partial charge in [-0.05, 0) is 33.6 Å². The van der Waals surface area contributed by atoms with Crippen LogP contribution in [-0.2, 0) is 0 Å². The molecule has 1 rings (SSSR count). The van der Waals surface area contributed by atoms with Gasteiger partial charge in [-0.2, -0.15) is 4.98 Å². The maximum atomic E-state index is 9.13. The summed E-state index contributed by atoms with van der Waals surface area (Å²) < 4.78 is 5.53. The van der Waals surface area contributed by atoms with E-state index >= 15 is 0 Å². The number of ether oxygens (including phenoxy) is 1. The summed E-state index contributed by atoms with van der Waals surface area (Å²) in [6, 6.07) is 0. The molecule has 0 spiro atoms. The predicted molar refractivity (Wildman–Crippen MR) is 76.2 cm³/mol. The Morgan fingerprint density at radius 2 is 2.16 bits per heavy atom. The Morgan fingerprint density at radius 3 is 2.68 bits per heavy atom. The summed E-state index contributed by atoms with van der Waals surface area (Å²) in [5.74, 6) is 0.929. The maximum absolute atomic E-state index is 9.13. The first kappa shape index (κ1) is 15.5. The van der Waals surface area contributed by atoms with Gasteiger partial charge in [-0.15, -0.1) is 0 Å². The van der Waals surface area contributed by atoms with Crippen LogP contribution < -0.4 is 15.8 Å². The van der Waals surface area contributed by atoms with E-state index < -0.39 is 0 Å². The highest BCUT2D eigenvalue weighted by molar-refractivity contribution is 5.67. The van der Waals surface area contributed by atoms with Crippen molar-refractivity contribution in [2.75, 3.05) is 17.7 Å². The molecule has 0 radical (unpaired) electrons. The lowest BCUT2D eigenvalue weighted by atomic mass is 9.95. The van der Waals surface area contributed by atoms with Crippen molar-refractivity contribution in [1.82, 2.24) is 9.97 Å². The monoisotopic (exact) mass is 268 g/mol. The van der Waals surface area contributed by atoms with Crippen LogP contribution in [0.25, 0.3) is 0 Å². The zero-order valence-electron chi connectivity index (χ0n) is 12.1. The van der Waals surface area contributed by atoms with Crippen LogP contribution in [0.3, 0.4) is 0 Å². The van der Waals surface area contributed by atoms with Gasteiger partial charge in [0.2, 0.25) is 5.88 Å². The van der Waals surface area contributed by atoms with Crippen LogP contribution in [0.5, 0.6) is 5.88 Å². The number of aliphatic hydroxyl groups excluding tert-OH is 1. The standard InChI is InChI=1S/C13H24N4O2/c1-5-13(4,6-7-18)17-11-10(14)12(16-8-15-11)19-9(2)3/h8-9,18H,5-7,14H2,1-4H3,(H,15,16,17). The quantitative estimate of drug-likeness (QED) is 0.698. The Bertz CT molecular complexity index is 412. The smallest absolute Gasteiger partial charge is 0.242 e. The number of aromatic nitrogens is 2. The molecule has 4 N–H and O–H groups in total. The van der Waals surface area contributed by atoms with Gasteiger partial charge in [-0.3, -0.25) is 0 Å². The molecule has 0 aliphatic carbocycles. The number of hydrogen-bond acceptors (Lipinski definition) is 6. The number of nitrogens with zero attached hydrogens (tertiary/aromatic N) is 2. The third-order valence-corrected chi connectivity index (χ3v) is 3.06. The van der Waals surface area contributed by atoms with E-state index in [4.69, 9.17) is 15.6 Å². The highest BCUT2D eigenvalue weighted by Crippen LogP contribution is 2.29. The fourth-order valence-corrected chi connectivity index (χ4v) is 1.66. The van der Waals surface area contributed by atoms with Crippen molar-refractivity contribution in [2.24, 2.45) is 0 Å². The summed E-state index contributed by atoms with van der Waals surface area (Å²) in [5.41, 5.74) is 6.15. The van der Waals surface area contributed by atoms with Crippen LogP contribution in [-0.4, -0.2) is 33.3 Å². The highest BCUT2D eigenvalue weighted by Gasteiger charge is 2.23. The van der Waals surface area contributed by atoms with E-state index in [2.05, 4.69) is 15.3 Å². The summed E-state index contributed by atoms with van der Waals surface area (Å²) in [4.78, 5) is 8.19. The molecule has 0 bridgehead atoms. The third kappa shape index (κ3) is 4.24. The lowest BCUT2D eigenvalue weighted by molar-refractivity contribution is 0.233. The van der Waals surface area contributed by atoms with Crippen LogP contribution in [0.1, 0.15) is 40.5 Å². The molecule has 0 saturated heterocycles. The van der Waals surface area contributed by atoms with Gasteiger partial charge >= 0.3 is 0 Å². The molecule has 1 atom stereocenters. The van der Waals surface area contributed by atoms with Crippen molar-refractivity contribution in [3.05, 3.63) is 6.33 Å². The average molecular weight is 268 g/mol. The molecule has 1 aromatic rings. The van der Waals surface area contributed by atoms with Crippen molar-refractivity contribution in [1.29, 1.82) is 0 Å². The number of anilines is 2. The highest BCUT2D eigenvalue weighted by atomic mass is 16.5. The van der Waals surface area contributed by atoms with Crippen LogP contribution in [0.4, 0.5) is 11.5 Å². The van der Waals surface area contributed by atoms with Crippen molar-refractivity contribution >= 4 is 11.5 Å². The number of nitrogens with two attached hydrogens (primary N) is 1. The van der Waals surface area contributed by atoms with Gasteiger partial charge in [0.15, 0.2) is 5.82 Å². The van der Waals surface area contributed by atoms with Crippen molar-refractivity contribution in [2.45, 2.75) is 52.2 Å². The van der Waals surface area contributed by atoms with E-state index in [1.165, 1.54) is 6.33 Å². The Labute approximate surface area is 114 Å². The lowest BCUT2D eigenvalue weighted by Gasteiger charge is -2.30. The number of nitrogen functional groups attached to an aromatic ring is 1.